The number of ether oxygens (including phenoxy) is 1. The van der Waals surface area contributed by atoms with Gasteiger partial charge in [0.15, 0.2) is 5.78 Å². The van der Waals surface area contributed by atoms with E-state index in [1.54, 1.807) is 7.11 Å². The third kappa shape index (κ3) is 3.40. The Hall–Kier alpha value is -3.07. The van der Waals surface area contributed by atoms with E-state index in [9.17, 15) is 4.79 Å². The van der Waals surface area contributed by atoms with Crippen molar-refractivity contribution in [3.8, 4) is 17.1 Å². The molecule has 0 aliphatic carbocycles. The third-order valence-electron chi connectivity index (χ3n) is 4.87. The summed E-state index contributed by atoms with van der Waals surface area (Å²) < 4.78 is 11.5. The molecule has 0 fully saturated rings. The van der Waals surface area contributed by atoms with Crippen LogP contribution in [0.25, 0.3) is 33.1 Å². The second-order valence-electron chi connectivity index (χ2n) is 8.39. The molecule has 0 spiro atoms. The van der Waals surface area contributed by atoms with Gasteiger partial charge in [0.2, 0.25) is 0 Å². The van der Waals surface area contributed by atoms with Gasteiger partial charge in [-0.3, -0.25) is 4.79 Å². The number of para-hydroxylation sites is 1. The van der Waals surface area contributed by atoms with Crippen LogP contribution in [0, 0.1) is 5.41 Å². The first kappa shape index (κ1) is 18.3. The van der Waals surface area contributed by atoms with Crippen molar-refractivity contribution >= 4 is 27.5 Å². The highest BCUT2D eigenvalue weighted by atomic mass is 16.5. The molecular weight excluding hydrogens is 348 g/mol. The van der Waals surface area contributed by atoms with E-state index in [0.29, 0.717) is 17.7 Å². The van der Waals surface area contributed by atoms with E-state index in [4.69, 9.17) is 9.15 Å². The second kappa shape index (κ2) is 6.83. The molecule has 3 aromatic carbocycles. The summed E-state index contributed by atoms with van der Waals surface area (Å²) in [5, 5.41) is 3.04. The number of carbonyl (C=O) groups is 1. The minimum atomic E-state index is -0.0906. The molecule has 28 heavy (non-hydrogen) atoms. The smallest absolute Gasteiger partial charge is 0.167 e. The van der Waals surface area contributed by atoms with Gasteiger partial charge < -0.3 is 9.15 Å². The lowest BCUT2D eigenvalue weighted by Crippen LogP contribution is -2.13. The standard InChI is InChI=1S/C25H24O3/c1-25(2,3)15-21(26)23-20-7-5-6-8-22(20)28-24(23)18-10-9-17-14-19(27-4)12-11-16(17)13-18/h5-14H,15H2,1-4H3. The van der Waals surface area contributed by atoms with Gasteiger partial charge in [-0.2, -0.15) is 0 Å². The molecule has 0 atom stereocenters. The van der Waals surface area contributed by atoms with Crippen molar-refractivity contribution in [1.29, 1.82) is 0 Å². The minimum absolute atomic E-state index is 0.0906. The van der Waals surface area contributed by atoms with E-state index in [2.05, 4.69) is 26.8 Å². The molecule has 142 valence electrons. The Bertz CT molecular complexity index is 1180. The van der Waals surface area contributed by atoms with Crippen molar-refractivity contribution < 1.29 is 13.9 Å². The number of hydrogen-bond acceptors (Lipinski definition) is 3. The van der Waals surface area contributed by atoms with Gasteiger partial charge in [0.25, 0.3) is 0 Å². The number of carbonyl (C=O) groups excluding carboxylic acids is 1. The molecule has 1 heterocycles. The first-order valence-corrected chi connectivity index (χ1v) is 9.49. The number of fused-ring (bicyclic) bond motifs is 2. The molecule has 0 bridgehead atoms. The van der Waals surface area contributed by atoms with Gasteiger partial charge in [-0.05, 0) is 40.5 Å². The molecule has 4 aromatic rings. The van der Waals surface area contributed by atoms with Crippen LogP contribution in [0.5, 0.6) is 5.75 Å². The lowest BCUT2D eigenvalue weighted by Gasteiger charge is -2.17. The van der Waals surface area contributed by atoms with Crippen LogP contribution in [0.3, 0.4) is 0 Å². The SMILES string of the molecule is COc1ccc2cc(-c3oc4ccccc4c3C(=O)CC(C)(C)C)ccc2c1. The Morgan fingerprint density at radius 2 is 1.68 bits per heavy atom. The van der Waals surface area contributed by atoms with Crippen LogP contribution in [0.2, 0.25) is 0 Å². The van der Waals surface area contributed by atoms with Crippen LogP contribution in [0.4, 0.5) is 0 Å². The molecule has 1 aromatic heterocycles. The number of furan rings is 1. The maximum atomic E-state index is 13.2. The van der Waals surface area contributed by atoms with Crippen molar-refractivity contribution in [3.05, 3.63) is 66.2 Å². The van der Waals surface area contributed by atoms with E-state index in [0.717, 1.165) is 33.1 Å². The average molecular weight is 372 g/mol. The van der Waals surface area contributed by atoms with Crippen molar-refractivity contribution in [2.45, 2.75) is 27.2 Å². The topological polar surface area (TPSA) is 39.4 Å². The molecule has 0 unspecified atom stereocenters. The summed E-state index contributed by atoms with van der Waals surface area (Å²) in [6.07, 6.45) is 0.467. The fraction of sp³-hybridized carbons (Fsp3) is 0.240. The molecule has 3 nitrogen and oxygen atoms in total. The molecule has 0 N–H and O–H groups in total. The first-order chi connectivity index (χ1) is 13.4. The van der Waals surface area contributed by atoms with Crippen LogP contribution in [0.1, 0.15) is 37.6 Å². The number of Topliss-reactive ketones (excluding diaryl/α,β-unsaturated/α-hetero) is 1. The number of methoxy groups -OCH3 is 1. The second-order valence-corrected chi connectivity index (χ2v) is 8.39. The molecule has 0 saturated carbocycles. The van der Waals surface area contributed by atoms with Gasteiger partial charge >= 0.3 is 0 Å². The maximum Gasteiger partial charge on any atom is 0.167 e. The van der Waals surface area contributed by atoms with Gasteiger partial charge in [0, 0.05) is 17.4 Å². The number of ketones is 1. The summed E-state index contributed by atoms with van der Waals surface area (Å²) in [5.74, 6) is 1.58. The van der Waals surface area contributed by atoms with Gasteiger partial charge in [-0.15, -0.1) is 0 Å². The molecular formula is C25H24O3. The predicted octanol–water partition coefficient (Wildman–Crippen LogP) is 6.88. The Balaban J connectivity index is 1.89. The summed E-state index contributed by atoms with van der Waals surface area (Å²) in [6, 6.07) is 19.8. The van der Waals surface area contributed by atoms with E-state index in [1.165, 1.54) is 0 Å². The molecule has 0 saturated heterocycles. The molecule has 0 aliphatic heterocycles. The van der Waals surface area contributed by atoms with Crippen molar-refractivity contribution in [3.63, 3.8) is 0 Å². The van der Waals surface area contributed by atoms with E-state index >= 15 is 0 Å². The summed E-state index contributed by atoms with van der Waals surface area (Å²) in [7, 11) is 1.66. The Kier molecular flexibility index (Phi) is 4.46. The molecule has 0 amide bonds. The van der Waals surface area contributed by atoms with Crippen molar-refractivity contribution in [1.82, 2.24) is 0 Å². The number of benzene rings is 3. The number of hydrogen-bond donors (Lipinski definition) is 0. The fourth-order valence-corrected chi connectivity index (χ4v) is 3.59. The van der Waals surface area contributed by atoms with E-state index < -0.39 is 0 Å². The van der Waals surface area contributed by atoms with Gasteiger partial charge in [-0.25, -0.2) is 0 Å². The first-order valence-electron chi connectivity index (χ1n) is 9.49. The van der Waals surface area contributed by atoms with Gasteiger partial charge in [0.1, 0.15) is 17.1 Å². The van der Waals surface area contributed by atoms with Crippen LogP contribution >= 0.6 is 0 Å². The third-order valence-corrected chi connectivity index (χ3v) is 4.87. The molecule has 0 radical (unpaired) electrons. The van der Waals surface area contributed by atoms with E-state index in [1.807, 2.05) is 54.6 Å². The zero-order chi connectivity index (χ0) is 19.9. The molecule has 4 rings (SSSR count). The average Bonchev–Trinajstić information content (AvgIpc) is 3.05. The van der Waals surface area contributed by atoms with Crippen LogP contribution < -0.4 is 4.74 Å². The summed E-state index contributed by atoms with van der Waals surface area (Å²) in [4.78, 5) is 13.2. The van der Waals surface area contributed by atoms with Crippen molar-refractivity contribution in [2.24, 2.45) is 5.41 Å². The van der Waals surface area contributed by atoms with Gasteiger partial charge in [0.05, 0.1) is 12.7 Å². The lowest BCUT2D eigenvalue weighted by molar-refractivity contribution is 0.0941. The zero-order valence-corrected chi connectivity index (χ0v) is 16.7. The highest BCUT2D eigenvalue weighted by molar-refractivity contribution is 6.12. The maximum absolute atomic E-state index is 13.2. The van der Waals surface area contributed by atoms with E-state index in [-0.39, 0.29) is 11.2 Å². The van der Waals surface area contributed by atoms with Crippen LogP contribution in [-0.4, -0.2) is 12.9 Å². The highest BCUT2D eigenvalue weighted by Gasteiger charge is 2.25. The highest BCUT2D eigenvalue weighted by Crippen LogP contribution is 2.37. The Morgan fingerprint density at radius 1 is 0.964 bits per heavy atom. The Labute approximate surface area is 164 Å². The minimum Gasteiger partial charge on any atom is -0.497 e. The number of rotatable bonds is 4. The van der Waals surface area contributed by atoms with Gasteiger partial charge in [-0.1, -0.05) is 57.2 Å². The normalized spacial score (nSPS) is 11.9. The van der Waals surface area contributed by atoms with Crippen LogP contribution in [-0.2, 0) is 0 Å². The molecule has 3 heteroatoms. The molecule has 0 aliphatic rings. The lowest BCUT2D eigenvalue weighted by atomic mass is 9.86. The fourth-order valence-electron chi connectivity index (χ4n) is 3.59. The predicted molar refractivity (Wildman–Crippen MR) is 114 cm³/mol. The van der Waals surface area contributed by atoms with Crippen molar-refractivity contribution in [2.75, 3.05) is 7.11 Å². The zero-order valence-electron chi connectivity index (χ0n) is 16.7. The Morgan fingerprint density at radius 3 is 2.43 bits per heavy atom. The summed E-state index contributed by atoms with van der Waals surface area (Å²) in [6.45, 7) is 6.24. The summed E-state index contributed by atoms with van der Waals surface area (Å²) in [5.41, 5.74) is 2.24. The largest absolute Gasteiger partial charge is 0.497 e. The monoisotopic (exact) mass is 372 g/mol. The summed E-state index contributed by atoms with van der Waals surface area (Å²) >= 11 is 0. The van der Waals surface area contributed by atoms with Crippen LogP contribution in [0.15, 0.2) is 65.1 Å². The quantitative estimate of drug-likeness (QED) is 0.367.